The van der Waals surface area contributed by atoms with Crippen molar-refractivity contribution in [2.24, 2.45) is 0 Å². The van der Waals surface area contributed by atoms with E-state index < -0.39 is 8.32 Å². The van der Waals surface area contributed by atoms with E-state index in [0.717, 1.165) is 57.0 Å². The van der Waals surface area contributed by atoms with E-state index in [-0.39, 0.29) is 5.04 Å². The molecule has 39 heavy (non-hydrogen) atoms. The maximum Gasteiger partial charge on any atom is 0.224 e. The van der Waals surface area contributed by atoms with Gasteiger partial charge in [0.05, 0.1) is 0 Å². The fourth-order valence-corrected chi connectivity index (χ4v) is 7.56. The molecule has 0 aromatic carbocycles. The molecule has 2 N–H and O–H groups in total. The zero-order valence-corrected chi connectivity index (χ0v) is 26.8. The molecular weight excluding hydrogens is 500 g/mol. The van der Waals surface area contributed by atoms with Gasteiger partial charge in [-0.15, -0.1) is 0 Å². The minimum absolute atomic E-state index is 0.265. The highest BCUT2D eigenvalue weighted by Gasteiger charge is 2.37. The predicted molar refractivity (Wildman–Crippen MR) is 167 cm³/mol. The summed E-state index contributed by atoms with van der Waals surface area (Å²) in [6.07, 6.45) is 17.7. The SMILES string of the molecule is CC(C)(C)[Si](C)(C)OCCNCCC1C(Nc2nccc(N3CCCCCC3)n2)CCCN1C1CCCCC1. The average Bonchev–Trinajstić information content (AvgIpc) is 3.21. The molecular formula is C31H58N6OSi. The van der Waals surface area contributed by atoms with E-state index in [1.54, 1.807) is 0 Å². The second-order valence-electron chi connectivity index (χ2n) is 13.8. The van der Waals surface area contributed by atoms with Crippen LogP contribution in [0.2, 0.25) is 18.1 Å². The van der Waals surface area contributed by atoms with E-state index in [2.05, 4.69) is 60.4 Å². The van der Waals surface area contributed by atoms with Gasteiger partial charge in [-0.3, -0.25) is 4.90 Å². The molecule has 2 aliphatic heterocycles. The molecule has 0 amide bonds. The van der Waals surface area contributed by atoms with Gasteiger partial charge in [0.2, 0.25) is 5.95 Å². The van der Waals surface area contributed by atoms with Crippen molar-refractivity contribution in [1.82, 2.24) is 20.2 Å². The number of likely N-dealkylation sites (tertiary alicyclic amines) is 1. The molecule has 2 saturated heterocycles. The van der Waals surface area contributed by atoms with Crippen molar-refractivity contribution in [3.8, 4) is 0 Å². The Bertz CT molecular complexity index is 848. The zero-order chi connectivity index (χ0) is 27.7. The Labute approximate surface area is 240 Å². The summed E-state index contributed by atoms with van der Waals surface area (Å²) in [7, 11) is -1.68. The van der Waals surface area contributed by atoms with Crippen LogP contribution in [0.25, 0.3) is 0 Å². The highest BCUT2D eigenvalue weighted by atomic mass is 28.4. The van der Waals surface area contributed by atoms with Crippen LogP contribution in [0.3, 0.4) is 0 Å². The summed E-state index contributed by atoms with van der Waals surface area (Å²) >= 11 is 0. The predicted octanol–water partition coefficient (Wildman–Crippen LogP) is 6.44. The Kier molecular flexibility index (Phi) is 11.5. The summed E-state index contributed by atoms with van der Waals surface area (Å²) in [4.78, 5) is 15.0. The third-order valence-corrected chi connectivity index (χ3v) is 14.5. The lowest BCUT2D eigenvalue weighted by Crippen LogP contribution is -2.56. The number of nitrogens with zero attached hydrogens (tertiary/aromatic N) is 4. The van der Waals surface area contributed by atoms with Crippen LogP contribution in [0, 0.1) is 0 Å². The first kappa shape index (κ1) is 30.7. The monoisotopic (exact) mass is 558 g/mol. The summed E-state index contributed by atoms with van der Waals surface area (Å²) in [5.41, 5.74) is 0. The van der Waals surface area contributed by atoms with Crippen molar-refractivity contribution >= 4 is 20.1 Å². The lowest BCUT2D eigenvalue weighted by molar-refractivity contribution is 0.0596. The molecule has 1 saturated carbocycles. The second kappa shape index (κ2) is 14.6. The fraction of sp³-hybridized carbons (Fsp3) is 0.871. The van der Waals surface area contributed by atoms with Crippen molar-refractivity contribution in [2.45, 2.75) is 134 Å². The number of hydrogen-bond donors (Lipinski definition) is 2. The van der Waals surface area contributed by atoms with Crippen LogP contribution < -0.4 is 15.5 Å². The molecule has 0 spiro atoms. The van der Waals surface area contributed by atoms with Crippen LogP contribution >= 0.6 is 0 Å². The van der Waals surface area contributed by atoms with Crippen molar-refractivity contribution in [2.75, 3.05) is 49.5 Å². The minimum Gasteiger partial charge on any atom is -0.416 e. The smallest absolute Gasteiger partial charge is 0.224 e. The lowest BCUT2D eigenvalue weighted by atomic mass is 9.87. The third kappa shape index (κ3) is 8.88. The maximum absolute atomic E-state index is 6.40. The summed E-state index contributed by atoms with van der Waals surface area (Å²) in [5.74, 6) is 1.90. The summed E-state index contributed by atoms with van der Waals surface area (Å²) in [6, 6.07) is 3.74. The minimum atomic E-state index is -1.68. The Balaban J connectivity index is 1.37. The van der Waals surface area contributed by atoms with Gasteiger partial charge in [-0.25, -0.2) is 4.98 Å². The van der Waals surface area contributed by atoms with Gasteiger partial charge in [-0.2, -0.15) is 4.98 Å². The van der Waals surface area contributed by atoms with E-state index in [1.807, 2.05) is 6.20 Å². The largest absolute Gasteiger partial charge is 0.416 e. The third-order valence-electron chi connectivity index (χ3n) is 9.92. The first-order valence-corrected chi connectivity index (χ1v) is 19.1. The van der Waals surface area contributed by atoms with Crippen molar-refractivity contribution < 1.29 is 4.43 Å². The normalized spacial score (nSPS) is 24.5. The number of rotatable bonds is 11. The first-order valence-electron chi connectivity index (χ1n) is 16.2. The molecule has 1 aromatic rings. The van der Waals surface area contributed by atoms with E-state index in [1.165, 1.54) is 77.2 Å². The Hall–Kier alpha value is -1.22. The van der Waals surface area contributed by atoms with E-state index >= 15 is 0 Å². The number of nitrogens with one attached hydrogen (secondary N) is 2. The topological polar surface area (TPSA) is 65.5 Å². The van der Waals surface area contributed by atoms with Crippen LogP contribution in [0.1, 0.15) is 97.8 Å². The standard InChI is InChI=1S/C31H58N6OSi/c1-31(2,3)39(4,5)38-25-21-32-19-17-28-27(16-13-24-37(28)26-14-9-8-10-15-26)34-30-33-20-18-29(35-30)36-22-11-6-7-12-23-36/h18,20,26-28,32H,6-17,19,21-25H2,1-5H3,(H,33,34,35). The van der Waals surface area contributed by atoms with Crippen molar-refractivity contribution in [1.29, 1.82) is 0 Å². The summed E-state index contributed by atoms with van der Waals surface area (Å²) in [6.45, 7) is 17.9. The number of aromatic nitrogens is 2. The zero-order valence-electron chi connectivity index (χ0n) is 25.8. The lowest BCUT2D eigenvalue weighted by Gasteiger charge is -2.47. The van der Waals surface area contributed by atoms with E-state index in [4.69, 9.17) is 14.4 Å². The Morgan fingerprint density at radius 3 is 2.36 bits per heavy atom. The molecule has 2 unspecified atom stereocenters. The van der Waals surface area contributed by atoms with E-state index in [0.29, 0.717) is 12.1 Å². The van der Waals surface area contributed by atoms with E-state index in [9.17, 15) is 0 Å². The Morgan fingerprint density at radius 2 is 1.64 bits per heavy atom. The molecule has 222 valence electrons. The van der Waals surface area contributed by atoms with Crippen molar-refractivity contribution in [3.05, 3.63) is 12.3 Å². The molecule has 3 fully saturated rings. The molecule has 8 heteroatoms. The number of hydrogen-bond acceptors (Lipinski definition) is 7. The molecule has 0 radical (unpaired) electrons. The maximum atomic E-state index is 6.40. The molecule has 3 heterocycles. The van der Waals surface area contributed by atoms with Gasteiger partial charge in [-0.1, -0.05) is 52.9 Å². The fourth-order valence-electron chi connectivity index (χ4n) is 6.51. The van der Waals surface area contributed by atoms with Gasteiger partial charge in [0, 0.05) is 50.6 Å². The van der Waals surface area contributed by atoms with Crippen LogP contribution in [-0.2, 0) is 4.43 Å². The summed E-state index contributed by atoms with van der Waals surface area (Å²) < 4.78 is 6.40. The van der Waals surface area contributed by atoms with Gasteiger partial charge in [0.1, 0.15) is 5.82 Å². The van der Waals surface area contributed by atoms with Gasteiger partial charge >= 0.3 is 0 Å². The number of piperidine rings is 1. The van der Waals surface area contributed by atoms with Crippen LogP contribution in [0.5, 0.6) is 0 Å². The highest BCUT2D eigenvalue weighted by molar-refractivity contribution is 6.74. The van der Waals surface area contributed by atoms with Crippen LogP contribution in [0.15, 0.2) is 12.3 Å². The van der Waals surface area contributed by atoms with Crippen molar-refractivity contribution in [3.63, 3.8) is 0 Å². The molecule has 4 rings (SSSR count). The first-order chi connectivity index (χ1) is 18.7. The second-order valence-corrected chi connectivity index (χ2v) is 18.6. The molecule has 2 atom stereocenters. The molecule has 0 bridgehead atoms. The average molecular weight is 559 g/mol. The Morgan fingerprint density at radius 1 is 0.923 bits per heavy atom. The van der Waals surface area contributed by atoms with Crippen LogP contribution in [0.4, 0.5) is 11.8 Å². The highest BCUT2D eigenvalue weighted by Crippen LogP contribution is 2.36. The van der Waals surface area contributed by atoms with Gasteiger partial charge in [-0.05, 0) is 82.2 Å². The molecule has 3 aliphatic rings. The van der Waals surface area contributed by atoms with Crippen LogP contribution in [-0.4, -0.2) is 80.6 Å². The van der Waals surface area contributed by atoms with Gasteiger partial charge in [0.15, 0.2) is 8.32 Å². The molecule has 1 aliphatic carbocycles. The van der Waals surface area contributed by atoms with Gasteiger partial charge < -0.3 is 20.0 Å². The molecule has 7 nitrogen and oxygen atoms in total. The number of anilines is 2. The summed E-state index contributed by atoms with van der Waals surface area (Å²) in [5, 5.41) is 7.84. The quantitative estimate of drug-likeness (QED) is 0.239. The molecule has 1 aromatic heterocycles. The van der Waals surface area contributed by atoms with Gasteiger partial charge in [0.25, 0.3) is 0 Å².